The third-order valence-corrected chi connectivity index (χ3v) is 6.14. The van der Waals surface area contributed by atoms with Gasteiger partial charge in [-0.2, -0.15) is 0 Å². The van der Waals surface area contributed by atoms with Crippen LogP contribution in [0.5, 0.6) is 0 Å². The van der Waals surface area contributed by atoms with Crippen molar-refractivity contribution in [3.8, 4) is 0 Å². The topological polar surface area (TPSA) is 69.7 Å². The van der Waals surface area contributed by atoms with Gasteiger partial charge in [0.15, 0.2) is 5.78 Å². The van der Waals surface area contributed by atoms with Gasteiger partial charge < -0.3 is 9.47 Å². The number of carbonyl (C=O) groups is 3. The van der Waals surface area contributed by atoms with Crippen LogP contribution in [0.3, 0.4) is 0 Å². The normalized spacial score (nSPS) is 31.7. The molecule has 1 fully saturated rings. The molecule has 0 saturated heterocycles. The molecule has 2 aliphatic carbocycles. The van der Waals surface area contributed by atoms with Crippen molar-refractivity contribution in [3.05, 3.63) is 35.5 Å². The van der Waals surface area contributed by atoms with Crippen LogP contribution in [-0.2, 0) is 23.9 Å². The van der Waals surface area contributed by atoms with E-state index < -0.39 is 0 Å². The van der Waals surface area contributed by atoms with Gasteiger partial charge in [0.05, 0.1) is 6.61 Å². The molecule has 0 aliphatic heterocycles. The van der Waals surface area contributed by atoms with Crippen molar-refractivity contribution in [3.63, 3.8) is 0 Å². The van der Waals surface area contributed by atoms with Crippen molar-refractivity contribution in [2.75, 3.05) is 6.61 Å². The second-order valence-electron chi connectivity index (χ2n) is 8.65. The van der Waals surface area contributed by atoms with E-state index in [1.807, 2.05) is 13.0 Å². The van der Waals surface area contributed by atoms with E-state index in [-0.39, 0.29) is 60.0 Å². The Morgan fingerprint density at radius 3 is 2.31 bits per heavy atom. The van der Waals surface area contributed by atoms with E-state index >= 15 is 0 Å². The first-order valence-corrected chi connectivity index (χ1v) is 10.4. The van der Waals surface area contributed by atoms with Crippen molar-refractivity contribution in [1.82, 2.24) is 0 Å². The summed E-state index contributed by atoms with van der Waals surface area (Å²) in [5, 5.41) is 0. The van der Waals surface area contributed by atoms with Gasteiger partial charge in [0.25, 0.3) is 0 Å². The summed E-state index contributed by atoms with van der Waals surface area (Å²) >= 11 is 0. The molecular formula is C24H34O5. The summed E-state index contributed by atoms with van der Waals surface area (Å²) in [6, 6.07) is 0. The fourth-order valence-electron chi connectivity index (χ4n) is 4.82. The van der Waals surface area contributed by atoms with Gasteiger partial charge in [0.1, 0.15) is 6.10 Å². The van der Waals surface area contributed by atoms with E-state index in [4.69, 9.17) is 9.47 Å². The molecule has 0 aromatic heterocycles. The van der Waals surface area contributed by atoms with Gasteiger partial charge in [-0.15, -0.1) is 0 Å². The Bertz CT molecular complexity index is 726. The number of hydrogen-bond donors (Lipinski definition) is 0. The van der Waals surface area contributed by atoms with Crippen LogP contribution in [0.15, 0.2) is 35.5 Å². The molecule has 0 N–H and O–H groups in total. The second kappa shape index (κ2) is 10.0. The van der Waals surface area contributed by atoms with E-state index in [9.17, 15) is 14.4 Å². The third-order valence-electron chi connectivity index (χ3n) is 6.14. The van der Waals surface area contributed by atoms with Gasteiger partial charge in [-0.1, -0.05) is 36.3 Å². The average molecular weight is 403 g/mol. The number of ether oxygens (including phenoxy) is 2. The summed E-state index contributed by atoms with van der Waals surface area (Å²) in [5.41, 5.74) is 2.45. The van der Waals surface area contributed by atoms with Crippen LogP contribution >= 0.6 is 0 Å². The van der Waals surface area contributed by atoms with E-state index in [0.717, 1.165) is 6.42 Å². The third kappa shape index (κ3) is 5.91. The Morgan fingerprint density at radius 1 is 1.10 bits per heavy atom. The fraction of sp³-hybridized carbons (Fsp3) is 0.625. The molecular weight excluding hydrogens is 368 g/mol. The molecule has 0 bridgehead atoms. The SMILES string of the molecule is CC(=O)OC[C@@H]1[C@H]([C@@H]2C(=O)C=C[C@H]2C)[C@H](/C(C)=C\CC=C(C)C)C[C@H]1OC(C)=O. The summed E-state index contributed by atoms with van der Waals surface area (Å²) in [6.07, 6.45) is 9.08. The maximum atomic E-state index is 12.7. The second-order valence-corrected chi connectivity index (χ2v) is 8.65. The molecule has 29 heavy (non-hydrogen) atoms. The van der Waals surface area contributed by atoms with E-state index in [0.29, 0.717) is 6.42 Å². The fourth-order valence-corrected chi connectivity index (χ4v) is 4.82. The highest BCUT2D eigenvalue weighted by Crippen LogP contribution is 2.50. The predicted octanol–water partition coefficient (Wildman–Crippen LogP) is 4.43. The molecule has 1 saturated carbocycles. The Balaban J connectivity index is 2.39. The summed E-state index contributed by atoms with van der Waals surface area (Å²) in [6.45, 7) is 11.2. The first kappa shape index (κ1) is 23.1. The van der Waals surface area contributed by atoms with Crippen LogP contribution in [-0.4, -0.2) is 30.4 Å². The summed E-state index contributed by atoms with van der Waals surface area (Å²) in [7, 11) is 0. The number of allylic oxidation sites excluding steroid dienone is 6. The van der Waals surface area contributed by atoms with Crippen LogP contribution < -0.4 is 0 Å². The Labute approximate surface area is 174 Å². The smallest absolute Gasteiger partial charge is 0.302 e. The predicted molar refractivity (Wildman–Crippen MR) is 112 cm³/mol. The van der Waals surface area contributed by atoms with Crippen molar-refractivity contribution >= 4 is 17.7 Å². The number of carbonyl (C=O) groups excluding carboxylic acids is 3. The molecule has 5 nitrogen and oxygen atoms in total. The van der Waals surface area contributed by atoms with Crippen molar-refractivity contribution in [2.45, 2.75) is 60.5 Å². The monoisotopic (exact) mass is 402 g/mol. The quantitative estimate of drug-likeness (QED) is 0.465. The number of esters is 2. The van der Waals surface area contributed by atoms with Crippen LogP contribution in [0, 0.1) is 29.6 Å². The molecule has 6 atom stereocenters. The molecule has 5 heteroatoms. The minimum Gasteiger partial charge on any atom is -0.465 e. The maximum absolute atomic E-state index is 12.7. The van der Waals surface area contributed by atoms with Crippen LogP contribution in [0.1, 0.15) is 54.4 Å². The zero-order valence-electron chi connectivity index (χ0n) is 18.4. The van der Waals surface area contributed by atoms with Crippen LogP contribution in [0.2, 0.25) is 0 Å². The molecule has 0 spiro atoms. The van der Waals surface area contributed by atoms with Gasteiger partial charge in [0.2, 0.25) is 0 Å². The van der Waals surface area contributed by atoms with Gasteiger partial charge in [-0.05, 0) is 57.4 Å². The first-order chi connectivity index (χ1) is 13.6. The molecule has 0 radical (unpaired) electrons. The summed E-state index contributed by atoms with van der Waals surface area (Å²) in [5.74, 6) is -0.826. The zero-order chi connectivity index (χ0) is 21.7. The molecule has 2 aliphatic rings. The van der Waals surface area contributed by atoms with Crippen molar-refractivity contribution in [1.29, 1.82) is 0 Å². The highest BCUT2D eigenvalue weighted by Gasteiger charge is 2.52. The first-order valence-electron chi connectivity index (χ1n) is 10.4. The van der Waals surface area contributed by atoms with Crippen molar-refractivity contribution < 1.29 is 23.9 Å². The Hall–Kier alpha value is -2.17. The Kier molecular flexibility index (Phi) is 8.00. The summed E-state index contributed by atoms with van der Waals surface area (Å²) in [4.78, 5) is 35.9. The highest BCUT2D eigenvalue weighted by atomic mass is 16.6. The van der Waals surface area contributed by atoms with Gasteiger partial charge in [0, 0.05) is 25.7 Å². The lowest BCUT2D eigenvalue weighted by Crippen LogP contribution is -2.37. The standard InChI is InChI=1S/C24H34O5/c1-14(2)8-7-9-15(3)19-12-22(29-18(6)26)20(13-28-17(5)25)24(19)23-16(4)10-11-21(23)27/h8-11,16,19-20,22-24H,7,12-13H2,1-6H3/b15-9-/t16-,19+,20+,22-,23+,24-/m1/s1. The molecule has 0 unspecified atom stereocenters. The van der Waals surface area contributed by atoms with Crippen molar-refractivity contribution in [2.24, 2.45) is 29.6 Å². The van der Waals surface area contributed by atoms with Gasteiger partial charge >= 0.3 is 11.9 Å². The zero-order valence-corrected chi connectivity index (χ0v) is 18.4. The molecule has 160 valence electrons. The molecule has 0 amide bonds. The Morgan fingerprint density at radius 2 is 1.79 bits per heavy atom. The minimum absolute atomic E-state index is 0.0425. The summed E-state index contributed by atoms with van der Waals surface area (Å²) < 4.78 is 11.0. The lowest BCUT2D eigenvalue weighted by Gasteiger charge is -2.33. The largest absolute Gasteiger partial charge is 0.465 e. The average Bonchev–Trinajstić information content (AvgIpc) is 3.11. The minimum atomic E-state index is -0.367. The highest BCUT2D eigenvalue weighted by molar-refractivity contribution is 5.94. The number of hydrogen-bond acceptors (Lipinski definition) is 5. The lowest BCUT2D eigenvalue weighted by atomic mass is 9.71. The number of ketones is 1. The molecule has 0 heterocycles. The van der Waals surface area contributed by atoms with Crippen LogP contribution in [0.4, 0.5) is 0 Å². The number of rotatable bonds is 7. The van der Waals surface area contributed by atoms with Crippen LogP contribution in [0.25, 0.3) is 0 Å². The molecule has 2 rings (SSSR count). The maximum Gasteiger partial charge on any atom is 0.302 e. The lowest BCUT2D eigenvalue weighted by molar-refractivity contribution is -0.152. The van der Waals surface area contributed by atoms with E-state index in [1.54, 1.807) is 6.08 Å². The molecule has 0 aromatic carbocycles. The van der Waals surface area contributed by atoms with Gasteiger partial charge in [-0.3, -0.25) is 14.4 Å². The van der Waals surface area contributed by atoms with E-state index in [1.165, 1.54) is 25.0 Å². The van der Waals surface area contributed by atoms with Gasteiger partial charge in [-0.25, -0.2) is 0 Å². The molecule has 0 aromatic rings. The van der Waals surface area contributed by atoms with E-state index in [2.05, 4.69) is 32.9 Å².